The zero-order valence-electron chi connectivity index (χ0n) is 16.6. The third kappa shape index (κ3) is 7.65. The molecular weight excluding hydrogens is 324 g/mol. The van der Waals surface area contributed by atoms with Crippen molar-refractivity contribution in [3.05, 3.63) is 29.8 Å². The lowest BCUT2D eigenvalue weighted by atomic mass is 10.1. The molecular formula is C21H36N4O. The van der Waals surface area contributed by atoms with Crippen LogP contribution in [-0.2, 0) is 6.54 Å². The van der Waals surface area contributed by atoms with Crippen LogP contribution in [0.3, 0.4) is 0 Å². The molecule has 0 unspecified atom stereocenters. The first-order chi connectivity index (χ1) is 12.8. The third-order valence-electron chi connectivity index (χ3n) is 4.84. The fourth-order valence-corrected chi connectivity index (χ4v) is 3.37. The fraction of sp³-hybridized carbons (Fsp3) is 0.667. The molecule has 1 saturated heterocycles. The smallest absolute Gasteiger partial charge is 0.191 e. The molecule has 0 aromatic heterocycles. The number of guanidine groups is 1. The van der Waals surface area contributed by atoms with E-state index in [-0.39, 0.29) is 0 Å². The molecule has 146 valence electrons. The number of benzene rings is 1. The number of nitrogens with one attached hydrogen (secondary N) is 2. The number of unbranched alkanes of at least 4 members (excludes halogenated alkanes) is 2. The summed E-state index contributed by atoms with van der Waals surface area (Å²) < 4.78 is 5.40. The topological polar surface area (TPSA) is 48.9 Å². The molecule has 1 heterocycles. The lowest BCUT2D eigenvalue weighted by molar-refractivity contribution is 0.224. The number of ether oxygens (including phenoxy) is 1. The summed E-state index contributed by atoms with van der Waals surface area (Å²) in [4.78, 5) is 7.31. The predicted octanol–water partition coefficient (Wildman–Crippen LogP) is 3.41. The Labute approximate surface area is 159 Å². The van der Waals surface area contributed by atoms with Gasteiger partial charge in [0.05, 0.1) is 13.7 Å². The molecule has 0 spiro atoms. The summed E-state index contributed by atoms with van der Waals surface area (Å²) in [6.07, 6.45) is 7.95. The van der Waals surface area contributed by atoms with Crippen LogP contribution in [0.2, 0.25) is 0 Å². The number of aliphatic imine (C=N–C) groups is 1. The summed E-state index contributed by atoms with van der Waals surface area (Å²) in [5, 5.41) is 6.77. The van der Waals surface area contributed by atoms with Crippen molar-refractivity contribution in [2.75, 3.05) is 39.8 Å². The van der Waals surface area contributed by atoms with Gasteiger partial charge in [0, 0.05) is 18.7 Å². The van der Waals surface area contributed by atoms with Crippen LogP contribution < -0.4 is 15.4 Å². The van der Waals surface area contributed by atoms with E-state index < -0.39 is 0 Å². The Balaban J connectivity index is 1.66. The van der Waals surface area contributed by atoms with Gasteiger partial charge in [-0.2, -0.15) is 0 Å². The van der Waals surface area contributed by atoms with E-state index in [0.717, 1.165) is 30.4 Å². The van der Waals surface area contributed by atoms with E-state index in [4.69, 9.17) is 4.74 Å². The number of rotatable bonds is 10. The van der Waals surface area contributed by atoms with Crippen molar-refractivity contribution in [1.29, 1.82) is 0 Å². The maximum Gasteiger partial charge on any atom is 0.191 e. The number of piperidine rings is 1. The highest BCUT2D eigenvalue weighted by Crippen LogP contribution is 2.17. The lowest BCUT2D eigenvalue weighted by Gasteiger charge is -2.26. The van der Waals surface area contributed by atoms with E-state index in [1.165, 1.54) is 58.2 Å². The molecule has 0 saturated carbocycles. The van der Waals surface area contributed by atoms with Gasteiger partial charge in [0.2, 0.25) is 0 Å². The summed E-state index contributed by atoms with van der Waals surface area (Å²) in [5.41, 5.74) is 1.11. The first kappa shape index (κ1) is 20.6. The van der Waals surface area contributed by atoms with Crippen molar-refractivity contribution >= 4 is 5.96 Å². The Bertz CT molecular complexity index is 526. The van der Waals surface area contributed by atoms with Gasteiger partial charge in [0.1, 0.15) is 5.75 Å². The van der Waals surface area contributed by atoms with Crippen LogP contribution in [0.4, 0.5) is 0 Å². The van der Waals surface area contributed by atoms with Crippen molar-refractivity contribution in [2.24, 2.45) is 4.99 Å². The second kappa shape index (κ2) is 12.6. The van der Waals surface area contributed by atoms with Crippen LogP contribution in [0.25, 0.3) is 0 Å². The van der Waals surface area contributed by atoms with Gasteiger partial charge in [-0.3, -0.25) is 0 Å². The zero-order valence-corrected chi connectivity index (χ0v) is 16.6. The van der Waals surface area contributed by atoms with E-state index in [0.29, 0.717) is 6.54 Å². The highest BCUT2D eigenvalue weighted by atomic mass is 16.5. The van der Waals surface area contributed by atoms with Crippen LogP contribution in [0, 0.1) is 0 Å². The Hall–Kier alpha value is -1.75. The van der Waals surface area contributed by atoms with Crippen molar-refractivity contribution in [3.63, 3.8) is 0 Å². The van der Waals surface area contributed by atoms with Gasteiger partial charge in [-0.1, -0.05) is 31.0 Å². The molecule has 1 fully saturated rings. The average Bonchev–Trinajstić information content (AvgIpc) is 2.69. The molecule has 0 bridgehead atoms. The minimum absolute atomic E-state index is 0.619. The summed E-state index contributed by atoms with van der Waals surface area (Å²) in [7, 11) is 1.70. The highest BCUT2D eigenvalue weighted by molar-refractivity contribution is 5.79. The first-order valence-electron chi connectivity index (χ1n) is 10.2. The second-order valence-corrected chi connectivity index (χ2v) is 6.90. The third-order valence-corrected chi connectivity index (χ3v) is 4.84. The maximum absolute atomic E-state index is 5.40. The average molecular weight is 361 g/mol. The van der Waals surface area contributed by atoms with Crippen molar-refractivity contribution in [1.82, 2.24) is 15.5 Å². The largest absolute Gasteiger partial charge is 0.496 e. The van der Waals surface area contributed by atoms with Crippen molar-refractivity contribution < 1.29 is 4.74 Å². The molecule has 5 heteroatoms. The monoisotopic (exact) mass is 360 g/mol. The Morgan fingerprint density at radius 1 is 1.08 bits per heavy atom. The lowest BCUT2D eigenvalue weighted by Crippen LogP contribution is -2.37. The van der Waals surface area contributed by atoms with Gasteiger partial charge >= 0.3 is 0 Å². The summed E-state index contributed by atoms with van der Waals surface area (Å²) in [5.74, 6) is 1.78. The molecule has 0 atom stereocenters. The normalized spacial score (nSPS) is 15.7. The molecule has 26 heavy (non-hydrogen) atoms. The number of hydrogen-bond donors (Lipinski definition) is 2. The minimum Gasteiger partial charge on any atom is -0.496 e. The Morgan fingerprint density at radius 2 is 1.88 bits per heavy atom. The van der Waals surface area contributed by atoms with Crippen molar-refractivity contribution in [2.45, 2.75) is 52.0 Å². The van der Waals surface area contributed by atoms with Gasteiger partial charge in [-0.15, -0.1) is 0 Å². The van der Waals surface area contributed by atoms with Crippen LogP contribution in [0.1, 0.15) is 51.0 Å². The minimum atomic E-state index is 0.619. The van der Waals surface area contributed by atoms with E-state index in [1.54, 1.807) is 7.11 Å². The van der Waals surface area contributed by atoms with Crippen LogP contribution in [0.15, 0.2) is 29.3 Å². The van der Waals surface area contributed by atoms with Crippen LogP contribution >= 0.6 is 0 Å². The highest BCUT2D eigenvalue weighted by Gasteiger charge is 2.08. The molecule has 1 aromatic carbocycles. The Morgan fingerprint density at radius 3 is 2.65 bits per heavy atom. The summed E-state index contributed by atoms with van der Waals surface area (Å²) in [6, 6.07) is 8.05. The fourth-order valence-electron chi connectivity index (χ4n) is 3.37. The quantitative estimate of drug-likeness (QED) is 0.381. The molecule has 1 aromatic rings. The number of hydrogen-bond acceptors (Lipinski definition) is 3. The van der Waals surface area contributed by atoms with Gasteiger partial charge in [0.15, 0.2) is 5.96 Å². The molecule has 0 amide bonds. The predicted molar refractivity (Wildman–Crippen MR) is 110 cm³/mol. The maximum atomic E-state index is 5.40. The number of para-hydroxylation sites is 1. The SMILES string of the molecule is CCNC(=NCc1ccccc1OC)NCCCCCN1CCCCC1. The zero-order chi connectivity index (χ0) is 18.5. The number of nitrogens with zero attached hydrogens (tertiary/aromatic N) is 2. The molecule has 1 aliphatic heterocycles. The number of likely N-dealkylation sites (tertiary alicyclic amines) is 1. The molecule has 0 aliphatic carbocycles. The standard InChI is InChI=1S/C21H36N4O/c1-3-22-21(24-18-19-12-6-7-13-20(19)26-2)23-14-8-4-9-15-25-16-10-5-11-17-25/h6-7,12-13H,3-5,8-11,14-18H2,1-2H3,(H2,22,23,24). The molecule has 1 aliphatic rings. The van der Waals surface area contributed by atoms with Crippen LogP contribution in [-0.4, -0.2) is 50.7 Å². The number of methoxy groups -OCH3 is 1. The first-order valence-corrected chi connectivity index (χ1v) is 10.2. The second-order valence-electron chi connectivity index (χ2n) is 6.90. The molecule has 2 rings (SSSR count). The molecule has 5 nitrogen and oxygen atoms in total. The van der Waals surface area contributed by atoms with E-state index in [2.05, 4.69) is 33.5 Å². The van der Waals surface area contributed by atoms with E-state index >= 15 is 0 Å². The summed E-state index contributed by atoms with van der Waals surface area (Å²) in [6.45, 7) is 8.43. The van der Waals surface area contributed by atoms with Crippen LogP contribution in [0.5, 0.6) is 5.75 Å². The molecule has 2 N–H and O–H groups in total. The molecule has 0 radical (unpaired) electrons. The van der Waals surface area contributed by atoms with Gasteiger partial charge in [-0.25, -0.2) is 4.99 Å². The van der Waals surface area contributed by atoms with Crippen molar-refractivity contribution in [3.8, 4) is 5.75 Å². The van der Waals surface area contributed by atoms with Gasteiger partial charge in [0.25, 0.3) is 0 Å². The van der Waals surface area contributed by atoms with E-state index in [1.807, 2.05) is 18.2 Å². The van der Waals surface area contributed by atoms with Gasteiger partial charge in [-0.05, 0) is 58.3 Å². The Kier molecular flexibility index (Phi) is 9.95. The van der Waals surface area contributed by atoms with E-state index in [9.17, 15) is 0 Å². The van der Waals surface area contributed by atoms with Gasteiger partial charge < -0.3 is 20.3 Å². The summed E-state index contributed by atoms with van der Waals surface area (Å²) >= 11 is 0.